The first-order chi connectivity index (χ1) is 14.2. The maximum absolute atomic E-state index is 12.3. The minimum Gasteiger partial charge on any atom is -0.421 e. The predicted molar refractivity (Wildman–Crippen MR) is 111 cm³/mol. The number of hydrogen-bond acceptors (Lipinski definition) is 7. The average Bonchev–Trinajstić information content (AvgIpc) is 3.23. The fourth-order valence-corrected chi connectivity index (χ4v) is 3.22. The lowest BCUT2D eigenvalue weighted by Crippen LogP contribution is -2.44. The topological polar surface area (TPSA) is 87.4 Å². The Balaban J connectivity index is 1.27. The van der Waals surface area contributed by atoms with Gasteiger partial charge in [0, 0.05) is 62.8 Å². The molecule has 1 aliphatic rings. The van der Waals surface area contributed by atoms with E-state index in [0.717, 1.165) is 37.4 Å². The minimum atomic E-state index is -0.0847. The molecule has 3 heterocycles. The number of likely N-dealkylation sites (N-methyl/N-ethyl adjacent to an activating group) is 1. The molecule has 1 N–H and O–H groups in total. The Hall–Kier alpha value is -3.26. The highest BCUT2D eigenvalue weighted by Gasteiger charge is 2.14. The van der Waals surface area contributed by atoms with E-state index in [1.54, 1.807) is 12.4 Å². The van der Waals surface area contributed by atoms with E-state index in [2.05, 4.69) is 49.5 Å². The highest BCUT2D eigenvalue weighted by atomic mass is 16.4. The molecule has 2 aromatic heterocycles. The second-order valence-electron chi connectivity index (χ2n) is 7.13. The standard InChI is InChI=1S/C21H24N6O2/c1-26-11-13-27(14-12-26)18-6-4-17(5-7-18)23-19(28)8-9-20-24-25-21(29-20)16-3-2-10-22-15-16/h2-7,10,15H,8-9,11-14H2,1H3,(H,23,28). The Morgan fingerprint density at radius 2 is 1.90 bits per heavy atom. The fraction of sp³-hybridized carbons (Fsp3) is 0.333. The molecule has 1 fully saturated rings. The molecular formula is C21H24N6O2. The van der Waals surface area contributed by atoms with Crippen molar-refractivity contribution in [2.45, 2.75) is 12.8 Å². The minimum absolute atomic E-state index is 0.0847. The number of benzene rings is 1. The highest BCUT2D eigenvalue weighted by molar-refractivity contribution is 5.90. The largest absolute Gasteiger partial charge is 0.421 e. The van der Waals surface area contributed by atoms with Crippen molar-refractivity contribution in [3.05, 3.63) is 54.7 Å². The number of rotatable bonds is 6. The average molecular weight is 392 g/mol. The molecule has 1 amide bonds. The molecule has 0 aliphatic carbocycles. The Labute approximate surface area is 169 Å². The first kappa shape index (κ1) is 19.1. The van der Waals surface area contributed by atoms with Gasteiger partial charge in [-0.3, -0.25) is 9.78 Å². The van der Waals surface area contributed by atoms with Crippen LogP contribution in [0.15, 0.2) is 53.2 Å². The third-order valence-electron chi connectivity index (χ3n) is 4.96. The molecule has 1 saturated heterocycles. The number of nitrogens with one attached hydrogen (secondary N) is 1. The summed E-state index contributed by atoms with van der Waals surface area (Å²) in [6.07, 6.45) is 4.01. The third-order valence-corrected chi connectivity index (χ3v) is 4.96. The summed E-state index contributed by atoms with van der Waals surface area (Å²) in [5.41, 5.74) is 2.73. The summed E-state index contributed by atoms with van der Waals surface area (Å²) in [5, 5.41) is 10.9. The maximum Gasteiger partial charge on any atom is 0.249 e. The van der Waals surface area contributed by atoms with Gasteiger partial charge in [0.15, 0.2) is 0 Å². The Kier molecular flexibility index (Phi) is 5.81. The van der Waals surface area contributed by atoms with Crippen LogP contribution in [0.4, 0.5) is 11.4 Å². The van der Waals surface area contributed by atoms with Crippen molar-refractivity contribution < 1.29 is 9.21 Å². The number of piperazine rings is 1. The quantitative estimate of drug-likeness (QED) is 0.689. The molecule has 0 bridgehead atoms. The van der Waals surface area contributed by atoms with Crippen molar-refractivity contribution in [1.82, 2.24) is 20.1 Å². The van der Waals surface area contributed by atoms with Gasteiger partial charge in [-0.15, -0.1) is 10.2 Å². The monoisotopic (exact) mass is 392 g/mol. The summed E-state index contributed by atoms with van der Waals surface area (Å²) in [5.74, 6) is 0.760. The molecule has 8 nitrogen and oxygen atoms in total. The Morgan fingerprint density at radius 1 is 1.10 bits per heavy atom. The molecule has 4 rings (SSSR count). The van der Waals surface area contributed by atoms with E-state index in [9.17, 15) is 4.79 Å². The lowest BCUT2D eigenvalue weighted by molar-refractivity contribution is -0.116. The number of amides is 1. The van der Waals surface area contributed by atoms with Gasteiger partial charge in [-0.25, -0.2) is 0 Å². The summed E-state index contributed by atoms with van der Waals surface area (Å²) in [6.45, 7) is 4.17. The predicted octanol–water partition coefficient (Wildman–Crippen LogP) is 2.45. The van der Waals surface area contributed by atoms with Crippen molar-refractivity contribution in [2.75, 3.05) is 43.4 Å². The smallest absolute Gasteiger partial charge is 0.249 e. The Bertz CT molecular complexity index is 933. The summed E-state index contributed by atoms with van der Waals surface area (Å²) in [7, 11) is 2.14. The number of carbonyl (C=O) groups excluding carboxylic acids is 1. The zero-order chi connectivity index (χ0) is 20.1. The van der Waals surface area contributed by atoms with Crippen LogP contribution in [0, 0.1) is 0 Å². The van der Waals surface area contributed by atoms with Gasteiger partial charge in [0.2, 0.25) is 17.7 Å². The third kappa shape index (κ3) is 4.97. The van der Waals surface area contributed by atoms with Gasteiger partial charge in [0.25, 0.3) is 0 Å². The number of aromatic nitrogens is 3. The van der Waals surface area contributed by atoms with E-state index in [1.807, 2.05) is 24.3 Å². The molecule has 0 spiro atoms. The first-order valence-electron chi connectivity index (χ1n) is 9.73. The van der Waals surface area contributed by atoms with Crippen molar-refractivity contribution in [1.29, 1.82) is 0 Å². The molecular weight excluding hydrogens is 368 g/mol. The SMILES string of the molecule is CN1CCN(c2ccc(NC(=O)CCc3nnc(-c4cccnc4)o3)cc2)CC1. The second kappa shape index (κ2) is 8.83. The molecule has 0 saturated carbocycles. The van der Waals surface area contributed by atoms with Gasteiger partial charge in [0.05, 0.1) is 5.56 Å². The van der Waals surface area contributed by atoms with Crippen LogP contribution in [0.25, 0.3) is 11.5 Å². The number of pyridine rings is 1. The number of carbonyl (C=O) groups is 1. The van der Waals surface area contributed by atoms with Crippen LogP contribution in [0.1, 0.15) is 12.3 Å². The molecule has 150 valence electrons. The van der Waals surface area contributed by atoms with E-state index < -0.39 is 0 Å². The zero-order valence-electron chi connectivity index (χ0n) is 16.4. The molecule has 0 atom stereocenters. The van der Waals surface area contributed by atoms with Gasteiger partial charge in [0.1, 0.15) is 0 Å². The fourth-order valence-electron chi connectivity index (χ4n) is 3.22. The lowest BCUT2D eigenvalue weighted by Gasteiger charge is -2.34. The summed E-state index contributed by atoms with van der Waals surface area (Å²) in [4.78, 5) is 21.0. The molecule has 0 radical (unpaired) electrons. The molecule has 1 aliphatic heterocycles. The van der Waals surface area contributed by atoms with E-state index in [1.165, 1.54) is 5.69 Å². The lowest BCUT2D eigenvalue weighted by atomic mass is 10.2. The van der Waals surface area contributed by atoms with Crippen LogP contribution in [-0.2, 0) is 11.2 Å². The van der Waals surface area contributed by atoms with Crippen LogP contribution in [-0.4, -0.2) is 59.2 Å². The number of aryl methyl sites for hydroxylation is 1. The number of hydrogen-bond donors (Lipinski definition) is 1. The van der Waals surface area contributed by atoms with Gasteiger partial charge in [-0.1, -0.05) is 0 Å². The summed E-state index contributed by atoms with van der Waals surface area (Å²) < 4.78 is 5.61. The van der Waals surface area contributed by atoms with Crippen LogP contribution in [0.2, 0.25) is 0 Å². The van der Waals surface area contributed by atoms with Gasteiger partial charge < -0.3 is 19.5 Å². The van der Waals surface area contributed by atoms with Crippen LogP contribution in [0.5, 0.6) is 0 Å². The first-order valence-corrected chi connectivity index (χ1v) is 9.73. The second-order valence-corrected chi connectivity index (χ2v) is 7.13. The van der Waals surface area contributed by atoms with Crippen molar-refractivity contribution in [2.24, 2.45) is 0 Å². The molecule has 3 aromatic rings. The van der Waals surface area contributed by atoms with E-state index in [-0.39, 0.29) is 12.3 Å². The molecule has 8 heteroatoms. The van der Waals surface area contributed by atoms with Crippen LogP contribution >= 0.6 is 0 Å². The van der Waals surface area contributed by atoms with Gasteiger partial charge in [-0.2, -0.15) is 0 Å². The van der Waals surface area contributed by atoms with Crippen molar-refractivity contribution in [3.8, 4) is 11.5 Å². The van der Waals surface area contributed by atoms with E-state index in [0.29, 0.717) is 18.2 Å². The van der Waals surface area contributed by atoms with Gasteiger partial charge >= 0.3 is 0 Å². The van der Waals surface area contributed by atoms with Crippen LogP contribution < -0.4 is 10.2 Å². The van der Waals surface area contributed by atoms with E-state index >= 15 is 0 Å². The highest BCUT2D eigenvalue weighted by Crippen LogP contribution is 2.20. The van der Waals surface area contributed by atoms with Crippen molar-refractivity contribution >= 4 is 17.3 Å². The molecule has 29 heavy (non-hydrogen) atoms. The van der Waals surface area contributed by atoms with Crippen LogP contribution in [0.3, 0.4) is 0 Å². The Morgan fingerprint density at radius 3 is 2.62 bits per heavy atom. The maximum atomic E-state index is 12.3. The van der Waals surface area contributed by atoms with E-state index in [4.69, 9.17) is 4.42 Å². The zero-order valence-corrected chi connectivity index (χ0v) is 16.4. The molecule has 0 unspecified atom stereocenters. The van der Waals surface area contributed by atoms with Gasteiger partial charge in [-0.05, 0) is 43.4 Å². The number of anilines is 2. The normalized spacial score (nSPS) is 14.7. The molecule has 1 aromatic carbocycles. The summed E-state index contributed by atoms with van der Waals surface area (Å²) in [6, 6.07) is 11.7. The van der Waals surface area contributed by atoms with Crippen molar-refractivity contribution in [3.63, 3.8) is 0 Å². The number of nitrogens with zero attached hydrogens (tertiary/aromatic N) is 5. The summed E-state index contributed by atoms with van der Waals surface area (Å²) >= 11 is 0.